The lowest BCUT2D eigenvalue weighted by atomic mass is 10.0. The van der Waals surface area contributed by atoms with Crippen molar-refractivity contribution in [3.8, 4) is 0 Å². The Bertz CT molecular complexity index is 824. The molecule has 0 radical (unpaired) electrons. The highest BCUT2D eigenvalue weighted by atomic mass is 16.2. The lowest BCUT2D eigenvalue weighted by Crippen LogP contribution is -2.26. The Balaban J connectivity index is 1.83. The molecule has 7 nitrogen and oxygen atoms in total. The maximum absolute atomic E-state index is 12.5. The zero-order chi connectivity index (χ0) is 16.7. The number of fused-ring (bicyclic) bond motifs is 1. The van der Waals surface area contributed by atoms with Crippen LogP contribution in [-0.4, -0.2) is 51.4 Å². The molecule has 2 aromatic rings. The van der Waals surface area contributed by atoms with Gasteiger partial charge in [0, 0.05) is 45.0 Å². The van der Waals surface area contributed by atoms with Gasteiger partial charge in [-0.25, -0.2) is 0 Å². The maximum Gasteiger partial charge on any atom is 0.261 e. The summed E-state index contributed by atoms with van der Waals surface area (Å²) in [6.45, 7) is 0.413. The molecule has 0 unspecified atom stereocenters. The van der Waals surface area contributed by atoms with Crippen molar-refractivity contribution in [3.05, 3.63) is 52.8 Å². The van der Waals surface area contributed by atoms with Crippen LogP contribution in [0.5, 0.6) is 0 Å². The van der Waals surface area contributed by atoms with Crippen LogP contribution in [0.3, 0.4) is 0 Å². The van der Waals surface area contributed by atoms with E-state index in [1.807, 2.05) is 13.2 Å². The van der Waals surface area contributed by atoms with Gasteiger partial charge in [0.2, 0.25) is 0 Å². The highest BCUT2D eigenvalue weighted by Crippen LogP contribution is 2.23. The number of hydrogen-bond acceptors (Lipinski definition) is 4. The molecule has 0 saturated heterocycles. The van der Waals surface area contributed by atoms with Gasteiger partial charge in [-0.05, 0) is 18.2 Å². The van der Waals surface area contributed by atoms with E-state index < -0.39 is 0 Å². The van der Waals surface area contributed by atoms with Crippen LogP contribution < -0.4 is 0 Å². The van der Waals surface area contributed by atoms with E-state index in [-0.39, 0.29) is 23.3 Å². The monoisotopic (exact) mass is 312 g/mol. The molecule has 0 atom stereocenters. The fraction of sp³-hybridized carbons (Fsp3) is 0.250. The Morgan fingerprint density at radius 2 is 1.87 bits per heavy atom. The third-order valence-electron chi connectivity index (χ3n) is 3.86. The van der Waals surface area contributed by atoms with Crippen LogP contribution in [-0.2, 0) is 13.6 Å². The lowest BCUT2D eigenvalue weighted by molar-refractivity contribution is 0.0692. The topological polar surface area (TPSA) is 75.5 Å². The van der Waals surface area contributed by atoms with Gasteiger partial charge >= 0.3 is 0 Å². The summed E-state index contributed by atoms with van der Waals surface area (Å²) in [7, 11) is 4.92. The molecule has 1 aliphatic heterocycles. The Kier molecular flexibility index (Phi) is 3.48. The van der Waals surface area contributed by atoms with E-state index in [4.69, 9.17) is 0 Å². The minimum Gasteiger partial charge on any atom is -0.337 e. The second-order valence-corrected chi connectivity index (χ2v) is 5.61. The van der Waals surface area contributed by atoms with Gasteiger partial charge in [-0.15, -0.1) is 0 Å². The molecule has 0 aliphatic carbocycles. The normalized spacial score (nSPS) is 13.4. The van der Waals surface area contributed by atoms with Crippen LogP contribution in [0.15, 0.2) is 30.6 Å². The molecule has 23 heavy (non-hydrogen) atoms. The van der Waals surface area contributed by atoms with Crippen molar-refractivity contribution in [3.63, 3.8) is 0 Å². The predicted octanol–water partition coefficient (Wildman–Crippen LogP) is 0.918. The third kappa shape index (κ3) is 2.50. The Morgan fingerprint density at radius 1 is 1.17 bits per heavy atom. The number of rotatable bonds is 3. The summed E-state index contributed by atoms with van der Waals surface area (Å²) in [5.41, 5.74) is 1.91. The molecule has 1 aliphatic rings. The second kappa shape index (κ2) is 5.35. The summed E-state index contributed by atoms with van der Waals surface area (Å²) in [6, 6.07) is 4.59. The van der Waals surface area contributed by atoms with E-state index >= 15 is 0 Å². The molecule has 3 rings (SSSR count). The summed E-state index contributed by atoms with van der Waals surface area (Å²) in [4.78, 5) is 39.0. The van der Waals surface area contributed by atoms with Crippen molar-refractivity contribution in [1.29, 1.82) is 0 Å². The summed E-state index contributed by atoms with van der Waals surface area (Å²) >= 11 is 0. The van der Waals surface area contributed by atoms with Crippen LogP contribution >= 0.6 is 0 Å². The van der Waals surface area contributed by atoms with E-state index in [9.17, 15) is 14.4 Å². The van der Waals surface area contributed by atoms with Gasteiger partial charge in [0.15, 0.2) is 0 Å². The fourth-order valence-electron chi connectivity index (χ4n) is 2.61. The number of nitrogens with zero attached hydrogens (tertiary/aromatic N) is 4. The highest BCUT2D eigenvalue weighted by molar-refractivity contribution is 6.21. The number of aryl methyl sites for hydroxylation is 1. The molecule has 3 amide bonds. The maximum atomic E-state index is 12.5. The number of aromatic nitrogens is 2. The standard InChI is InChI=1S/C16H16N4O3/c1-18(8-10-7-17-19(2)9-10)14(21)11-4-5-12-13(6-11)16(23)20(3)15(12)22/h4-7,9H,8H2,1-3H3. The van der Waals surface area contributed by atoms with Crippen LogP contribution in [0.4, 0.5) is 0 Å². The van der Waals surface area contributed by atoms with Gasteiger partial charge in [0.25, 0.3) is 17.7 Å². The molecule has 0 bridgehead atoms. The summed E-state index contributed by atoms with van der Waals surface area (Å²) < 4.78 is 1.67. The first-order valence-electron chi connectivity index (χ1n) is 7.08. The number of carbonyl (C=O) groups is 3. The summed E-state index contributed by atoms with van der Waals surface area (Å²) in [5.74, 6) is -0.936. The predicted molar refractivity (Wildman–Crippen MR) is 81.9 cm³/mol. The zero-order valence-electron chi connectivity index (χ0n) is 13.1. The van der Waals surface area contributed by atoms with E-state index in [0.29, 0.717) is 17.7 Å². The molecule has 0 saturated carbocycles. The Labute approximate surface area is 133 Å². The Morgan fingerprint density at radius 3 is 2.52 bits per heavy atom. The second-order valence-electron chi connectivity index (χ2n) is 5.61. The first-order chi connectivity index (χ1) is 10.9. The zero-order valence-corrected chi connectivity index (χ0v) is 13.1. The molecule has 1 aromatic heterocycles. The number of carbonyl (C=O) groups excluding carboxylic acids is 3. The van der Waals surface area contributed by atoms with Crippen molar-refractivity contribution in [1.82, 2.24) is 19.6 Å². The van der Waals surface area contributed by atoms with Crippen molar-refractivity contribution >= 4 is 17.7 Å². The highest BCUT2D eigenvalue weighted by Gasteiger charge is 2.33. The number of hydrogen-bond donors (Lipinski definition) is 0. The molecule has 1 aromatic carbocycles. The smallest absolute Gasteiger partial charge is 0.261 e. The summed E-state index contributed by atoms with van der Waals surface area (Å²) in [5, 5.41) is 4.07. The third-order valence-corrected chi connectivity index (χ3v) is 3.86. The molecular formula is C16H16N4O3. The number of amides is 3. The van der Waals surface area contributed by atoms with Gasteiger partial charge < -0.3 is 4.90 Å². The molecular weight excluding hydrogens is 296 g/mol. The SMILES string of the molecule is CN(Cc1cnn(C)c1)C(=O)c1ccc2c(c1)C(=O)N(C)C2=O. The lowest BCUT2D eigenvalue weighted by Gasteiger charge is -2.16. The van der Waals surface area contributed by atoms with Crippen molar-refractivity contribution in [2.24, 2.45) is 7.05 Å². The van der Waals surface area contributed by atoms with E-state index in [0.717, 1.165) is 10.5 Å². The summed E-state index contributed by atoms with van der Waals surface area (Å²) in [6.07, 6.45) is 3.53. The van der Waals surface area contributed by atoms with Crippen LogP contribution in [0.1, 0.15) is 36.6 Å². The van der Waals surface area contributed by atoms with Crippen molar-refractivity contribution < 1.29 is 14.4 Å². The van der Waals surface area contributed by atoms with Crippen LogP contribution in [0.25, 0.3) is 0 Å². The van der Waals surface area contributed by atoms with Crippen molar-refractivity contribution in [2.75, 3.05) is 14.1 Å². The van der Waals surface area contributed by atoms with E-state index in [1.165, 1.54) is 19.2 Å². The van der Waals surface area contributed by atoms with Gasteiger partial charge in [0.1, 0.15) is 0 Å². The minimum absolute atomic E-state index is 0.216. The molecule has 2 heterocycles. The van der Waals surface area contributed by atoms with Gasteiger partial charge in [-0.2, -0.15) is 5.10 Å². The average molecular weight is 312 g/mol. The molecule has 7 heteroatoms. The van der Waals surface area contributed by atoms with E-state index in [2.05, 4.69) is 5.10 Å². The largest absolute Gasteiger partial charge is 0.337 e. The molecule has 0 spiro atoms. The molecule has 0 N–H and O–H groups in total. The van der Waals surface area contributed by atoms with Gasteiger partial charge in [-0.3, -0.25) is 24.0 Å². The first kappa shape index (κ1) is 15.0. The van der Waals surface area contributed by atoms with E-state index in [1.54, 1.807) is 28.9 Å². The fourth-order valence-corrected chi connectivity index (χ4v) is 2.61. The average Bonchev–Trinajstić information content (AvgIpc) is 3.04. The minimum atomic E-state index is -0.380. The molecule has 0 fully saturated rings. The van der Waals surface area contributed by atoms with Gasteiger partial charge in [0.05, 0.1) is 17.3 Å². The quantitative estimate of drug-likeness (QED) is 0.790. The van der Waals surface area contributed by atoms with Gasteiger partial charge in [-0.1, -0.05) is 0 Å². The van der Waals surface area contributed by atoms with Crippen LogP contribution in [0, 0.1) is 0 Å². The molecule has 118 valence electrons. The number of benzene rings is 1. The number of imide groups is 1. The first-order valence-corrected chi connectivity index (χ1v) is 7.08. The van der Waals surface area contributed by atoms with Crippen molar-refractivity contribution in [2.45, 2.75) is 6.54 Å². The van der Waals surface area contributed by atoms with Crippen LogP contribution in [0.2, 0.25) is 0 Å². The Hall–Kier alpha value is -2.96.